The summed E-state index contributed by atoms with van der Waals surface area (Å²) in [5.74, 6) is -1.15. The molecule has 1 heterocycles. The largest absolute Gasteiger partial charge is 0.479 e. The predicted molar refractivity (Wildman–Crippen MR) is 52.2 cm³/mol. The number of carboxylic acid groups (broad SMARTS) is 1. The van der Waals surface area contributed by atoms with Crippen molar-refractivity contribution in [2.75, 3.05) is 0 Å². The molecule has 1 aromatic heterocycles. The van der Waals surface area contributed by atoms with Crippen molar-refractivity contribution >= 4 is 5.97 Å². The highest BCUT2D eigenvalue weighted by Gasteiger charge is 2.07. The fourth-order valence-electron chi connectivity index (χ4n) is 0.578. The molecule has 0 saturated carbocycles. The molecule has 0 saturated heterocycles. The Labute approximate surface area is 87.8 Å². The van der Waals surface area contributed by atoms with E-state index in [-0.39, 0.29) is 6.42 Å². The first kappa shape index (κ1) is 13.8. The normalized spacial score (nSPS) is 11.1. The zero-order chi connectivity index (χ0) is 12.7. The quantitative estimate of drug-likeness (QED) is 0.383. The summed E-state index contributed by atoms with van der Waals surface area (Å²) in [5.41, 5.74) is -2.41. The molecule has 0 aromatic carbocycles. The minimum absolute atomic E-state index is 0.273. The molecule has 0 aliphatic carbocycles. The van der Waals surface area contributed by atoms with Gasteiger partial charge in [0.2, 0.25) is 0 Å². The first-order chi connectivity index (χ1) is 7.36. The second-order valence-corrected chi connectivity index (χ2v) is 2.62. The van der Waals surface area contributed by atoms with E-state index < -0.39 is 29.1 Å². The van der Waals surface area contributed by atoms with Crippen LogP contribution in [-0.2, 0) is 4.79 Å². The lowest BCUT2D eigenvalue weighted by Crippen LogP contribution is -2.34. The standard InChI is InChI=1S/C4H8O3.C3H3N3O3/c1-2-3(5)4(6)7;7-1-4-2(8)6-3(9)5-1/h3,5H,2H2,1H3,(H,6,7);(H3,4,5,6,7,8,9). The van der Waals surface area contributed by atoms with Gasteiger partial charge in [0.1, 0.15) is 0 Å². The van der Waals surface area contributed by atoms with Gasteiger partial charge in [-0.2, -0.15) is 0 Å². The third kappa shape index (κ3) is 5.54. The van der Waals surface area contributed by atoms with Crippen molar-refractivity contribution < 1.29 is 15.0 Å². The maximum absolute atomic E-state index is 10.2. The molecule has 16 heavy (non-hydrogen) atoms. The number of aromatic nitrogens is 3. The number of H-pyrrole nitrogens is 3. The predicted octanol–water partition coefficient (Wildman–Crippen LogP) is -2.41. The molecule has 0 radical (unpaired) electrons. The highest BCUT2D eigenvalue weighted by atomic mass is 16.4. The van der Waals surface area contributed by atoms with Gasteiger partial charge in [0.05, 0.1) is 0 Å². The number of aliphatic hydroxyl groups excluding tert-OH is 1. The van der Waals surface area contributed by atoms with E-state index in [1.54, 1.807) is 21.9 Å². The van der Waals surface area contributed by atoms with Crippen LogP contribution in [-0.4, -0.2) is 37.2 Å². The molecule has 0 fully saturated rings. The molecular weight excluding hydrogens is 222 g/mol. The molecular formula is C7H11N3O6. The highest BCUT2D eigenvalue weighted by Crippen LogP contribution is 1.86. The van der Waals surface area contributed by atoms with Gasteiger partial charge in [-0.1, -0.05) is 6.92 Å². The average molecular weight is 233 g/mol. The van der Waals surface area contributed by atoms with Crippen LogP contribution in [0, 0.1) is 0 Å². The number of aliphatic carboxylic acids is 1. The third-order valence-electron chi connectivity index (χ3n) is 1.35. The Hall–Kier alpha value is -2.16. The van der Waals surface area contributed by atoms with Gasteiger partial charge >= 0.3 is 23.0 Å². The maximum atomic E-state index is 10.2. The van der Waals surface area contributed by atoms with Gasteiger partial charge < -0.3 is 10.2 Å². The van der Waals surface area contributed by atoms with Crippen LogP contribution in [0.25, 0.3) is 0 Å². The number of carboxylic acids is 1. The molecule has 1 rings (SSSR count). The Morgan fingerprint density at radius 1 is 1.12 bits per heavy atom. The summed E-state index contributed by atoms with van der Waals surface area (Å²) < 4.78 is 0. The Bertz CT molecular complexity index is 419. The van der Waals surface area contributed by atoms with E-state index in [1.165, 1.54) is 0 Å². The second-order valence-electron chi connectivity index (χ2n) is 2.62. The summed E-state index contributed by atoms with van der Waals surface area (Å²) in [7, 11) is 0. The number of nitrogens with one attached hydrogen (secondary N) is 3. The molecule has 0 spiro atoms. The zero-order valence-electron chi connectivity index (χ0n) is 8.31. The summed E-state index contributed by atoms with van der Waals surface area (Å²) >= 11 is 0. The monoisotopic (exact) mass is 233 g/mol. The Morgan fingerprint density at radius 3 is 1.56 bits per heavy atom. The topological polar surface area (TPSA) is 156 Å². The Morgan fingerprint density at radius 2 is 1.44 bits per heavy atom. The van der Waals surface area contributed by atoms with Crippen molar-refractivity contribution in [1.29, 1.82) is 0 Å². The van der Waals surface area contributed by atoms with Gasteiger partial charge in [-0.15, -0.1) is 0 Å². The summed E-state index contributed by atoms with van der Waals surface area (Å²) in [5, 5.41) is 16.3. The van der Waals surface area contributed by atoms with Crippen molar-refractivity contribution in [3.05, 3.63) is 31.5 Å². The van der Waals surface area contributed by atoms with Crippen molar-refractivity contribution in [1.82, 2.24) is 15.0 Å². The first-order valence-electron chi connectivity index (χ1n) is 4.20. The maximum Gasteiger partial charge on any atom is 0.332 e. The molecule has 1 atom stereocenters. The lowest BCUT2D eigenvalue weighted by Gasteiger charge is -1.95. The van der Waals surface area contributed by atoms with Crippen molar-refractivity contribution in [2.45, 2.75) is 19.4 Å². The van der Waals surface area contributed by atoms with Crippen LogP contribution in [0.3, 0.4) is 0 Å². The lowest BCUT2D eigenvalue weighted by atomic mass is 10.3. The molecule has 1 unspecified atom stereocenters. The number of carbonyl (C=O) groups is 1. The average Bonchev–Trinajstić information content (AvgIpc) is 2.15. The molecule has 0 aliphatic heterocycles. The molecule has 1 aromatic rings. The van der Waals surface area contributed by atoms with Crippen LogP contribution in [0.2, 0.25) is 0 Å². The van der Waals surface area contributed by atoms with Crippen LogP contribution >= 0.6 is 0 Å². The molecule has 0 aliphatic rings. The summed E-state index contributed by atoms with van der Waals surface area (Å²) in [4.78, 5) is 45.6. The third-order valence-corrected chi connectivity index (χ3v) is 1.35. The Kier molecular flexibility index (Phi) is 5.49. The van der Waals surface area contributed by atoms with Gasteiger partial charge in [-0.05, 0) is 6.42 Å². The van der Waals surface area contributed by atoms with Crippen molar-refractivity contribution in [3.8, 4) is 0 Å². The number of hydrogen-bond donors (Lipinski definition) is 5. The van der Waals surface area contributed by atoms with Gasteiger partial charge in [-0.3, -0.25) is 15.0 Å². The minimum Gasteiger partial charge on any atom is -0.479 e. The second kappa shape index (κ2) is 6.35. The summed E-state index contributed by atoms with van der Waals surface area (Å²) in [6.45, 7) is 1.61. The van der Waals surface area contributed by atoms with E-state index in [2.05, 4.69) is 0 Å². The molecule has 90 valence electrons. The molecule has 5 N–H and O–H groups in total. The van der Waals surface area contributed by atoms with Crippen molar-refractivity contribution in [2.24, 2.45) is 0 Å². The fraction of sp³-hybridized carbons (Fsp3) is 0.429. The minimum atomic E-state index is -1.18. The fourth-order valence-corrected chi connectivity index (χ4v) is 0.578. The van der Waals surface area contributed by atoms with E-state index in [1.807, 2.05) is 0 Å². The van der Waals surface area contributed by atoms with Crippen molar-refractivity contribution in [3.63, 3.8) is 0 Å². The van der Waals surface area contributed by atoms with E-state index in [4.69, 9.17) is 10.2 Å². The zero-order valence-corrected chi connectivity index (χ0v) is 8.31. The van der Waals surface area contributed by atoms with Gasteiger partial charge in [-0.25, -0.2) is 19.2 Å². The molecule has 0 amide bonds. The molecule has 9 heteroatoms. The van der Waals surface area contributed by atoms with E-state index in [0.717, 1.165) is 0 Å². The van der Waals surface area contributed by atoms with Gasteiger partial charge in [0, 0.05) is 0 Å². The van der Waals surface area contributed by atoms with Gasteiger partial charge in [0.15, 0.2) is 6.10 Å². The first-order valence-corrected chi connectivity index (χ1v) is 4.20. The SMILES string of the molecule is CCC(O)C(=O)O.O=c1[nH]c(=O)[nH]c(=O)[nH]1. The molecule has 9 nitrogen and oxygen atoms in total. The number of hydrogen-bond acceptors (Lipinski definition) is 5. The van der Waals surface area contributed by atoms with E-state index in [9.17, 15) is 19.2 Å². The summed E-state index contributed by atoms with van der Waals surface area (Å²) in [6, 6.07) is 0. The highest BCUT2D eigenvalue weighted by molar-refractivity contribution is 5.71. The van der Waals surface area contributed by atoms with Crippen LogP contribution < -0.4 is 17.1 Å². The van der Waals surface area contributed by atoms with E-state index in [0.29, 0.717) is 0 Å². The van der Waals surface area contributed by atoms with Crippen LogP contribution in [0.5, 0.6) is 0 Å². The van der Waals surface area contributed by atoms with Crippen LogP contribution in [0.4, 0.5) is 0 Å². The van der Waals surface area contributed by atoms with E-state index >= 15 is 0 Å². The lowest BCUT2D eigenvalue weighted by molar-refractivity contribution is -0.146. The summed E-state index contributed by atoms with van der Waals surface area (Å²) in [6.07, 6.45) is -0.907. The van der Waals surface area contributed by atoms with Crippen LogP contribution in [0.1, 0.15) is 13.3 Å². The number of aromatic amines is 3. The number of aliphatic hydroxyl groups is 1. The Balaban J connectivity index is 0.000000293. The van der Waals surface area contributed by atoms with Gasteiger partial charge in [0.25, 0.3) is 0 Å². The number of rotatable bonds is 2. The smallest absolute Gasteiger partial charge is 0.332 e. The van der Waals surface area contributed by atoms with Crippen LogP contribution in [0.15, 0.2) is 14.4 Å². The molecule has 0 bridgehead atoms.